The Bertz CT molecular complexity index is 1180. The van der Waals surface area contributed by atoms with Crippen molar-refractivity contribution in [3.63, 3.8) is 0 Å². The highest BCUT2D eigenvalue weighted by Crippen LogP contribution is 2.34. The molecule has 0 saturated carbocycles. The zero-order valence-electron chi connectivity index (χ0n) is 17.1. The molecular weight excluding hydrogens is 449 g/mol. The Kier molecular flexibility index (Phi) is 6.82. The van der Waals surface area contributed by atoms with Crippen LogP contribution in [-0.2, 0) is 22.3 Å². The SMILES string of the molecule is CCOC(=O)c1cnn(-c2ccc(NC(=O)CCn3c(C)csc3=O)cc2)c1C(F)(F)F. The van der Waals surface area contributed by atoms with Crippen LogP contribution in [-0.4, -0.2) is 32.8 Å². The quantitative estimate of drug-likeness (QED) is 0.535. The van der Waals surface area contributed by atoms with Crippen molar-refractivity contribution < 1.29 is 27.5 Å². The summed E-state index contributed by atoms with van der Waals surface area (Å²) in [5, 5.41) is 8.03. The number of carbonyl (C=O) groups is 2. The number of benzene rings is 1. The van der Waals surface area contributed by atoms with Gasteiger partial charge in [-0.25, -0.2) is 9.48 Å². The van der Waals surface area contributed by atoms with Crippen molar-refractivity contribution in [2.45, 2.75) is 33.0 Å². The van der Waals surface area contributed by atoms with Gasteiger partial charge in [-0.1, -0.05) is 11.3 Å². The Morgan fingerprint density at radius 3 is 2.47 bits per heavy atom. The van der Waals surface area contributed by atoms with E-state index in [-0.39, 0.29) is 36.0 Å². The second-order valence-electron chi connectivity index (χ2n) is 6.68. The number of aromatic nitrogens is 3. The Hall–Kier alpha value is -3.41. The number of alkyl halides is 3. The van der Waals surface area contributed by atoms with Crippen molar-refractivity contribution in [3.8, 4) is 5.69 Å². The summed E-state index contributed by atoms with van der Waals surface area (Å²) in [6, 6.07) is 5.50. The Balaban J connectivity index is 1.75. The predicted molar refractivity (Wildman–Crippen MR) is 111 cm³/mol. The van der Waals surface area contributed by atoms with Crippen LogP contribution in [0.15, 0.2) is 40.6 Å². The first-order valence-electron chi connectivity index (χ1n) is 9.49. The molecule has 32 heavy (non-hydrogen) atoms. The van der Waals surface area contributed by atoms with E-state index in [0.717, 1.165) is 23.2 Å². The van der Waals surface area contributed by atoms with Gasteiger partial charge in [0.15, 0.2) is 5.69 Å². The van der Waals surface area contributed by atoms with Crippen LogP contribution in [0.1, 0.15) is 35.1 Å². The molecule has 3 rings (SSSR count). The maximum atomic E-state index is 13.6. The smallest absolute Gasteiger partial charge is 0.434 e. The van der Waals surface area contributed by atoms with Crippen LogP contribution >= 0.6 is 11.3 Å². The molecule has 170 valence electrons. The first-order chi connectivity index (χ1) is 15.1. The summed E-state index contributed by atoms with van der Waals surface area (Å²) in [6.45, 7) is 3.40. The molecule has 0 bridgehead atoms. The van der Waals surface area contributed by atoms with E-state index >= 15 is 0 Å². The van der Waals surface area contributed by atoms with Crippen LogP contribution in [0.4, 0.5) is 18.9 Å². The van der Waals surface area contributed by atoms with Gasteiger partial charge < -0.3 is 14.6 Å². The molecule has 0 radical (unpaired) electrons. The highest BCUT2D eigenvalue weighted by atomic mass is 32.1. The molecule has 0 aliphatic rings. The van der Waals surface area contributed by atoms with Gasteiger partial charge in [-0.3, -0.25) is 9.59 Å². The first-order valence-corrected chi connectivity index (χ1v) is 10.4. The lowest BCUT2D eigenvalue weighted by molar-refractivity contribution is -0.143. The highest BCUT2D eigenvalue weighted by molar-refractivity contribution is 7.07. The van der Waals surface area contributed by atoms with Crippen molar-refractivity contribution >= 4 is 28.9 Å². The number of hydrogen-bond acceptors (Lipinski definition) is 6. The highest BCUT2D eigenvalue weighted by Gasteiger charge is 2.41. The molecule has 3 aromatic rings. The van der Waals surface area contributed by atoms with E-state index in [0.29, 0.717) is 10.4 Å². The average Bonchev–Trinajstić information content (AvgIpc) is 3.31. The molecule has 1 N–H and O–H groups in total. The minimum atomic E-state index is -4.84. The van der Waals surface area contributed by atoms with Gasteiger partial charge in [-0.2, -0.15) is 18.3 Å². The predicted octanol–water partition coefficient (Wildman–Crippen LogP) is 3.63. The molecule has 8 nitrogen and oxygen atoms in total. The number of rotatable bonds is 7. The van der Waals surface area contributed by atoms with Gasteiger partial charge in [0.1, 0.15) is 5.56 Å². The number of esters is 1. The largest absolute Gasteiger partial charge is 0.462 e. The van der Waals surface area contributed by atoms with Crippen LogP contribution in [0.25, 0.3) is 5.69 Å². The van der Waals surface area contributed by atoms with Crippen molar-refractivity contribution in [2.24, 2.45) is 0 Å². The summed E-state index contributed by atoms with van der Waals surface area (Å²) in [6.07, 6.45) is -3.98. The maximum absolute atomic E-state index is 13.6. The van der Waals surface area contributed by atoms with E-state index in [1.807, 2.05) is 0 Å². The minimum Gasteiger partial charge on any atom is -0.462 e. The summed E-state index contributed by atoms with van der Waals surface area (Å²) in [4.78, 5) is 35.6. The second kappa shape index (κ2) is 9.39. The molecule has 0 fully saturated rings. The summed E-state index contributed by atoms with van der Waals surface area (Å²) in [7, 11) is 0. The zero-order chi connectivity index (χ0) is 23.5. The molecule has 0 spiro atoms. The summed E-state index contributed by atoms with van der Waals surface area (Å²) in [5.41, 5.74) is -0.759. The van der Waals surface area contributed by atoms with E-state index in [1.54, 1.807) is 12.3 Å². The van der Waals surface area contributed by atoms with E-state index < -0.39 is 23.4 Å². The normalized spacial score (nSPS) is 11.4. The lowest BCUT2D eigenvalue weighted by Gasteiger charge is -2.13. The van der Waals surface area contributed by atoms with E-state index in [2.05, 4.69) is 15.2 Å². The van der Waals surface area contributed by atoms with Crippen molar-refractivity contribution in [3.05, 3.63) is 62.5 Å². The van der Waals surface area contributed by atoms with Gasteiger partial charge in [0, 0.05) is 29.7 Å². The Labute approximate surface area is 184 Å². The van der Waals surface area contributed by atoms with E-state index in [1.165, 1.54) is 35.8 Å². The monoisotopic (exact) mass is 468 g/mol. The fourth-order valence-corrected chi connectivity index (χ4v) is 3.73. The topological polar surface area (TPSA) is 95.2 Å². The molecule has 0 atom stereocenters. The molecule has 1 aromatic carbocycles. The Morgan fingerprint density at radius 1 is 1.22 bits per heavy atom. The van der Waals surface area contributed by atoms with Gasteiger partial charge in [-0.05, 0) is 38.1 Å². The summed E-state index contributed by atoms with van der Waals surface area (Å²) in [5.74, 6) is -1.47. The number of halogens is 3. The number of hydrogen-bond donors (Lipinski definition) is 1. The number of carbonyl (C=O) groups excluding carboxylic acids is 2. The van der Waals surface area contributed by atoms with Gasteiger partial charge in [-0.15, -0.1) is 0 Å². The van der Waals surface area contributed by atoms with Crippen molar-refractivity contribution in [1.29, 1.82) is 0 Å². The number of aryl methyl sites for hydroxylation is 1. The zero-order valence-corrected chi connectivity index (χ0v) is 17.9. The summed E-state index contributed by atoms with van der Waals surface area (Å²) < 4.78 is 47.5. The average molecular weight is 468 g/mol. The minimum absolute atomic E-state index is 0.0475. The number of ether oxygens (including phenoxy) is 1. The number of amides is 1. The molecular formula is C20H19F3N4O4S. The number of nitrogens with one attached hydrogen (secondary N) is 1. The lowest BCUT2D eigenvalue weighted by atomic mass is 10.2. The van der Waals surface area contributed by atoms with Gasteiger partial charge in [0.25, 0.3) is 0 Å². The molecule has 2 aromatic heterocycles. The van der Waals surface area contributed by atoms with E-state index in [4.69, 9.17) is 0 Å². The molecule has 0 aliphatic carbocycles. The molecule has 12 heteroatoms. The lowest BCUT2D eigenvalue weighted by Crippen LogP contribution is -2.20. The van der Waals surface area contributed by atoms with Crippen LogP contribution in [0.5, 0.6) is 0 Å². The van der Waals surface area contributed by atoms with Crippen LogP contribution in [0, 0.1) is 6.92 Å². The molecule has 0 saturated heterocycles. The molecule has 0 unspecified atom stereocenters. The fourth-order valence-electron chi connectivity index (χ4n) is 2.97. The third-order valence-corrected chi connectivity index (χ3v) is 5.35. The number of anilines is 1. The van der Waals surface area contributed by atoms with Crippen LogP contribution in [0.3, 0.4) is 0 Å². The van der Waals surface area contributed by atoms with Gasteiger partial charge in [0.05, 0.1) is 18.5 Å². The molecule has 2 heterocycles. The first kappa shape index (κ1) is 23.3. The van der Waals surface area contributed by atoms with Crippen molar-refractivity contribution in [2.75, 3.05) is 11.9 Å². The van der Waals surface area contributed by atoms with Crippen LogP contribution < -0.4 is 10.2 Å². The van der Waals surface area contributed by atoms with Gasteiger partial charge in [0.2, 0.25) is 5.91 Å². The third-order valence-electron chi connectivity index (χ3n) is 4.47. The maximum Gasteiger partial charge on any atom is 0.434 e. The number of thiazole rings is 1. The molecule has 0 aliphatic heterocycles. The standard InChI is InChI=1S/C20H19F3N4O4S/c1-3-31-18(29)15-10-24-27(17(15)20(21,22)23)14-6-4-13(5-7-14)25-16(28)8-9-26-12(2)11-32-19(26)30/h4-7,10-11H,3,8-9H2,1-2H3,(H,25,28). The van der Waals surface area contributed by atoms with Crippen LogP contribution in [0.2, 0.25) is 0 Å². The summed E-state index contributed by atoms with van der Waals surface area (Å²) >= 11 is 1.05. The van der Waals surface area contributed by atoms with E-state index in [9.17, 15) is 27.6 Å². The van der Waals surface area contributed by atoms with Crippen molar-refractivity contribution in [1.82, 2.24) is 14.3 Å². The number of nitrogens with zero attached hydrogens (tertiary/aromatic N) is 3. The second-order valence-corrected chi connectivity index (χ2v) is 7.50. The van der Waals surface area contributed by atoms with Gasteiger partial charge >= 0.3 is 17.0 Å². The molecule has 1 amide bonds. The Morgan fingerprint density at radius 2 is 1.91 bits per heavy atom. The third kappa shape index (κ3) is 5.07. The fraction of sp³-hybridized carbons (Fsp3) is 0.300.